The van der Waals surface area contributed by atoms with Gasteiger partial charge in [-0.25, -0.2) is 0 Å². The minimum Gasteiger partial charge on any atom is -0.308 e. The van der Waals surface area contributed by atoms with E-state index in [2.05, 4.69) is 36.5 Å². The number of hydrogen-bond donors (Lipinski definition) is 1. The second kappa shape index (κ2) is 14.3. The van der Waals surface area contributed by atoms with Gasteiger partial charge in [0.2, 0.25) is 0 Å². The molecular weight excluding hydrogens is 246 g/mol. The summed E-state index contributed by atoms with van der Waals surface area (Å²) in [6.45, 7) is 14.8. The summed E-state index contributed by atoms with van der Waals surface area (Å²) < 4.78 is 0. The third-order valence-corrected chi connectivity index (χ3v) is 2.76. The molecule has 2 nitrogen and oxygen atoms in total. The normalized spacial score (nSPS) is 10.8. The third-order valence-electron chi connectivity index (χ3n) is 2.76. The molecule has 1 aromatic rings. The predicted octanol–water partition coefficient (Wildman–Crippen LogP) is 4.48. The summed E-state index contributed by atoms with van der Waals surface area (Å²) in [4.78, 5) is 11.2. The summed E-state index contributed by atoms with van der Waals surface area (Å²) in [5, 5.41) is 3.08. The SMILES string of the molecule is CC.CCNC(C)C(=O)C(C)C.CCc1ccccc1. The maximum Gasteiger partial charge on any atom is 0.151 e. The Kier molecular flexibility index (Phi) is 15.1. The number of carbonyl (C=O) groups excluding carboxylic acids is 1. The van der Waals surface area contributed by atoms with Gasteiger partial charge in [0.05, 0.1) is 6.04 Å². The van der Waals surface area contributed by atoms with Gasteiger partial charge in [-0.05, 0) is 25.5 Å². The summed E-state index contributed by atoms with van der Waals surface area (Å²) in [5.41, 5.74) is 1.41. The van der Waals surface area contributed by atoms with E-state index in [4.69, 9.17) is 0 Å². The van der Waals surface area contributed by atoms with Crippen molar-refractivity contribution in [2.45, 2.75) is 60.9 Å². The van der Waals surface area contributed by atoms with Crippen LogP contribution in [0.3, 0.4) is 0 Å². The van der Waals surface area contributed by atoms with Crippen molar-refractivity contribution in [1.82, 2.24) is 5.32 Å². The Morgan fingerprint density at radius 1 is 1.05 bits per heavy atom. The fourth-order valence-electron chi connectivity index (χ4n) is 1.62. The highest BCUT2D eigenvalue weighted by Crippen LogP contribution is 1.98. The molecule has 1 atom stereocenters. The Balaban J connectivity index is 0. The molecule has 0 amide bonds. The molecule has 0 aliphatic heterocycles. The quantitative estimate of drug-likeness (QED) is 0.860. The van der Waals surface area contributed by atoms with Gasteiger partial charge in [0.15, 0.2) is 5.78 Å². The number of nitrogens with one attached hydrogen (secondary N) is 1. The molecule has 0 saturated carbocycles. The van der Waals surface area contributed by atoms with Crippen LogP contribution in [0.2, 0.25) is 0 Å². The lowest BCUT2D eigenvalue weighted by molar-refractivity contribution is -0.123. The lowest BCUT2D eigenvalue weighted by Gasteiger charge is -2.12. The minimum atomic E-state index is 0.0185. The fraction of sp³-hybridized carbons (Fsp3) is 0.611. The van der Waals surface area contributed by atoms with Crippen molar-refractivity contribution in [3.8, 4) is 0 Å². The number of carbonyl (C=O) groups is 1. The standard InChI is InChI=1S/C8H17NO.C8H10.C2H6/c1-5-9-7(4)8(10)6(2)3;1-2-8-6-4-3-5-7-8;1-2/h6-7,9H,5H2,1-4H3;3-7H,2H2,1H3;1-2H3. The van der Waals surface area contributed by atoms with E-state index >= 15 is 0 Å². The van der Waals surface area contributed by atoms with Crippen LogP contribution < -0.4 is 5.32 Å². The Bertz CT molecular complexity index is 319. The van der Waals surface area contributed by atoms with Crippen molar-refractivity contribution in [3.63, 3.8) is 0 Å². The van der Waals surface area contributed by atoms with Crippen LogP contribution in [-0.2, 0) is 11.2 Å². The molecule has 0 saturated heterocycles. The van der Waals surface area contributed by atoms with Gasteiger partial charge in [-0.2, -0.15) is 0 Å². The van der Waals surface area contributed by atoms with Crippen LogP contribution in [0.5, 0.6) is 0 Å². The topological polar surface area (TPSA) is 29.1 Å². The highest BCUT2D eigenvalue weighted by molar-refractivity contribution is 5.85. The molecular formula is C18H33NO. The Hall–Kier alpha value is -1.15. The van der Waals surface area contributed by atoms with Crippen molar-refractivity contribution in [2.75, 3.05) is 6.54 Å². The summed E-state index contributed by atoms with van der Waals surface area (Å²) in [6.07, 6.45) is 1.14. The Morgan fingerprint density at radius 3 is 1.85 bits per heavy atom. The van der Waals surface area contributed by atoms with Crippen LogP contribution in [0.4, 0.5) is 0 Å². The zero-order valence-electron chi connectivity index (χ0n) is 14.4. The number of ketones is 1. The number of hydrogen-bond acceptors (Lipinski definition) is 2. The summed E-state index contributed by atoms with van der Waals surface area (Å²) in [6, 6.07) is 10.5. The molecule has 20 heavy (non-hydrogen) atoms. The molecule has 0 aromatic heterocycles. The molecule has 0 spiro atoms. The van der Waals surface area contributed by atoms with Crippen molar-refractivity contribution >= 4 is 5.78 Å². The molecule has 0 bridgehead atoms. The van der Waals surface area contributed by atoms with Gasteiger partial charge < -0.3 is 5.32 Å². The molecule has 1 N–H and O–H groups in total. The van der Waals surface area contributed by atoms with E-state index in [9.17, 15) is 4.79 Å². The maximum atomic E-state index is 11.2. The van der Waals surface area contributed by atoms with Crippen LogP contribution in [0.15, 0.2) is 30.3 Å². The van der Waals surface area contributed by atoms with E-state index in [0.717, 1.165) is 13.0 Å². The Morgan fingerprint density at radius 2 is 1.55 bits per heavy atom. The van der Waals surface area contributed by atoms with E-state index in [1.54, 1.807) is 0 Å². The van der Waals surface area contributed by atoms with E-state index in [1.807, 2.05) is 47.6 Å². The predicted molar refractivity (Wildman–Crippen MR) is 90.2 cm³/mol. The van der Waals surface area contributed by atoms with Crippen molar-refractivity contribution in [3.05, 3.63) is 35.9 Å². The van der Waals surface area contributed by atoms with Crippen LogP contribution in [0, 0.1) is 5.92 Å². The lowest BCUT2D eigenvalue weighted by Crippen LogP contribution is -2.36. The lowest BCUT2D eigenvalue weighted by atomic mass is 10.0. The molecule has 0 aliphatic rings. The monoisotopic (exact) mass is 279 g/mol. The number of Topliss-reactive ketones (excluding diaryl/α,β-unsaturated/α-hetero) is 1. The first-order valence-corrected chi connectivity index (χ1v) is 7.83. The number of benzene rings is 1. The van der Waals surface area contributed by atoms with Crippen LogP contribution >= 0.6 is 0 Å². The molecule has 0 heterocycles. The van der Waals surface area contributed by atoms with Gasteiger partial charge in [-0.3, -0.25) is 4.79 Å². The van der Waals surface area contributed by atoms with E-state index in [1.165, 1.54) is 5.56 Å². The van der Waals surface area contributed by atoms with Crippen LogP contribution in [-0.4, -0.2) is 18.4 Å². The van der Waals surface area contributed by atoms with Gasteiger partial charge in [0.25, 0.3) is 0 Å². The molecule has 2 heteroatoms. The van der Waals surface area contributed by atoms with Gasteiger partial charge >= 0.3 is 0 Å². The first-order valence-electron chi connectivity index (χ1n) is 7.83. The Labute approximate surface area is 126 Å². The smallest absolute Gasteiger partial charge is 0.151 e. The molecule has 1 rings (SSSR count). The first kappa shape index (κ1) is 21.2. The van der Waals surface area contributed by atoms with Crippen LogP contribution in [0.25, 0.3) is 0 Å². The molecule has 0 aliphatic carbocycles. The summed E-state index contributed by atoms with van der Waals surface area (Å²) in [5.74, 6) is 0.441. The van der Waals surface area contributed by atoms with Gasteiger partial charge in [0.1, 0.15) is 0 Å². The van der Waals surface area contributed by atoms with Crippen molar-refractivity contribution in [2.24, 2.45) is 5.92 Å². The largest absolute Gasteiger partial charge is 0.308 e. The summed E-state index contributed by atoms with van der Waals surface area (Å²) >= 11 is 0. The third kappa shape index (κ3) is 10.7. The molecule has 0 radical (unpaired) electrons. The van der Waals surface area contributed by atoms with Crippen LogP contribution in [0.1, 0.15) is 54.0 Å². The average Bonchev–Trinajstić information content (AvgIpc) is 2.50. The number of likely N-dealkylation sites (N-methyl/N-ethyl adjacent to an activating group) is 1. The molecule has 116 valence electrons. The zero-order valence-corrected chi connectivity index (χ0v) is 14.4. The minimum absolute atomic E-state index is 0.0185. The van der Waals surface area contributed by atoms with Crippen molar-refractivity contribution < 1.29 is 4.79 Å². The average molecular weight is 279 g/mol. The molecule has 0 fully saturated rings. The van der Waals surface area contributed by atoms with E-state index in [0.29, 0.717) is 5.78 Å². The van der Waals surface area contributed by atoms with E-state index < -0.39 is 0 Å². The van der Waals surface area contributed by atoms with Gasteiger partial charge in [0, 0.05) is 5.92 Å². The van der Waals surface area contributed by atoms with Crippen molar-refractivity contribution in [1.29, 1.82) is 0 Å². The van der Waals surface area contributed by atoms with Gasteiger partial charge in [-0.15, -0.1) is 0 Å². The second-order valence-corrected chi connectivity index (χ2v) is 4.68. The molecule has 1 unspecified atom stereocenters. The fourth-order valence-corrected chi connectivity index (χ4v) is 1.62. The summed E-state index contributed by atoms with van der Waals surface area (Å²) in [7, 11) is 0. The highest BCUT2D eigenvalue weighted by Gasteiger charge is 2.13. The number of aryl methyl sites for hydroxylation is 1. The molecule has 1 aromatic carbocycles. The highest BCUT2D eigenvalue weighted by atomic mass is 16.1. The number of rotatable bonds is 5. The van der Waals surface area contributed by atoms with Gasteiger partial charge in [-0.1, -0.05) is 71.9 Å². The first-order chi connectivity index (χ1) is 9.52. The second-order valence-electron chi connectivity index (χ2n) is 4.68. The zero-order chi connectivity index (χ0) is 16.0. The maximum absolute atomic E-state index is 11.2. The van der Waals surface area contributed by atoms with E-state index in [-0.39, 0.29) is 12.0 Å².